The number of nitrogens with one attached hydrogen (secondary N) is 2. The first kappa shape index (κ1) is 15.3. The van der Waals surface area contributed by atoms with Crippen molar-refractivity contribution in [1.82, 2.24) is 10.3 Å². The number of urea groups is 1. The summed E-state index contributed by atoms with van der Waals surface area (Å²) in [6.07, 6.45) is 1.39. The molecule has 2 aromatic rings. The van der Waals surface area contributed by atoms with Gasteiger partial charge in [0.1, 0.15) is 5.75 Å². The molecular weight excluding hydrogens is 286 g/mol. The number of aromatic carboxylic acids is 1. The summed E-state index contributed by atoms with van der Waals surface area (Å²) in [7, 11) is 1.54. The summed E-state index contributed by atoms with van der Waals surface area (Å²) in [6.45, 7) is 0.122. The van der Waals surface area contributed by atoms with Gasteiger partial charge in [-0.05, 0) is 24.3 Å². The molecule has 114 valence electrons. The van der Waals surface area contributed by atoms with Gasteiger partial charge >= 0.3 is 12.0 Å². The largest absolute Gasteiger partial charge is 0.497 e. The van der Waals surface area contributed by atoms with E-state index in [1.54, 1.807) is 31.4 Å². The zero-order valence-corrected chi connectivity index (χ0v) is 11.9. The maximum Gasteiger partial charge on any atom is 0.335 e. The number of aromatic nitrogens is 1. The number of rotatable bonds is 5. The molecule has 0 saturated heterocycles. The first-order valence-electron chi connectivity index (χ1n) is 6.45. The zero-order valence-electron chi connectivity index (χ0n) is 11.9. The van der Waals surface area contributed by atoms with Crippen LogP contribution in [-0.2, 0) is 6.54 Å². The van der Waals surface area contributed by atoms with E-state index in [2.05, 4.69) is 15.6 Å². The lowest BCUT2D eigenvalue weighted by atomic mass is 10.2. The monoisotopic (exact) mass is 301 g/mol. The lowest BCUT2D eigenvalue weighted by Crippen LogP contribution is -2.28. The number of ether oxygens (including phenoxy) is 1. The maximum absolute atomic E-state index is 11.8. The minimum Gasteiger partial charge on any atom is -0.497 e. The summed E-state index contributed by atoms with van der Waals surface area (Å²) >= 11 is 0. The van der Waals surface area contributed by atoms with E-state index in [-0.39, 0.29) is 12.1 Å². The molecule has 22 heavy (non-hydrogen) atoms. The minimum absolute atomic E-state index is 0.122. The standard InChI is InChI=1S/C15H15N3O4/c1-22-13-4-2-3-11(8-13)18-15(21)17-9-12-7-10(14(19)20)5-6-16-12/h2-8H,9H2,1H3,(H,19,20)(H2,17,18,21). The van der Waals surface area contributed by atoms with Crippen molar-refractivity contribution < 1.29 is 19.4 Å². The number of benzene rings is 1. The van der Waals surface area contributed by atoms with Gasteiger partial charge in [0, 0.05) is 18.0 Å². The Morgan fingerprint density at radius 3 is 2.82 bits per heavy atom. The third kappa shape index (κ3) is 4.20. The van der Waals surface area contributed by atoms with Crippen molar-refractivity contribution in [3.8, 4) is 5.75 Å². The van der Waals surface area contributed by atoms with E-state index in [0.29, 0.717) is 17.1 Å². The topological polar surface area (TPSA) is 101 Å². The lowest BCUT2D eigenvalue weighted by molar-refractivity contribution is 0.0696. The van der Waals surface area contributed by atoms with Crippen LogP contribution in [0.2, 0.25) is 0 Å². The smallest absolute Gasteiger partial charge is 0.335 e. The van der Waals surface area contributed by atoms with E-state index in [1.165, 1.54) is 18.3 Å². The average Bonchev–Trinajstić information content (AvgIpc) is 2.53. The quantitative estimate of drug-likeness (QED) is 0.785. The van der Waals surface area contributed by atoms with Gasteiger partial charge in [0.2, 0.25) is 0 Å². The van der Waals surface area contributed by atoms with Gasteiger partial charge in [-0.1, -0.05) is 6.07 Å². The van der Waals surface area contributed by atoms with Gasteiger partial charge in [-0.3, -0.25) is 4.98 Å². The highest BCUT2D eigenvalue weighted by atomic mass is 16.5. The van der Waals surface area contributed by atoms with Gasteiger partial charge in [-0.2, -0.15) is 0 Å². The number of amides is 2. The molecular formula is C15H15N3O4. The molecule has 2 rings (SSSR count). The fourth-order valence-corrected chi connectivity index (χ4v) is 1.75. The van der Waals surface area contributed by atoms with Crippen molar-refractivity contribution in [3.05, 3.63) is 53.9 Å². The molecule has 0 fully saturated rings. The fraction of sp³-hybridized carbons (Fsp3) is 0.133. The Balaban J connectivity index is 1.92. The number of nitrogens with zero attached hydrogens (tertiary/aromatic N) is 1. The lowest BCUT2D eigenvalue weighted by Gasteiger charge is -2.08. The van der Waals surface area contributed by atoms with E-state index in [9.17, 15) is 9.59 Å². The second-order valence-electron chi connectivity index (χ2n) is 4.38. The Kier molecular flexibility index (Phi) is 4.92. The van der Waals surface area contributed by atoms with E-state index in [1.807, 2.05) is 0 Å². The van der Waals surface area contributed by atoms with Crippen molar-refractivity contribution in [2.45, 2.75) is 6.54 Å². The van der Waals surface area contributed by atoms with Crippen LogP contribution in [0.1, 0.15) is 16.1 Å². The molecule has 0 aliphatic heterocycles. The first-order valence-corrected chi connectivity index (χ1v) is 6.45. The molecule has 0 atom stereocenters. The molecule has 1 aromatic carbocycles. The van der Waals surface area contributed by atoms with E-state index in [0.717, 1.165) is 0 Å². The fourth-order valence-electron chi connectivity index (χ4n) is 1.75. The summed E-state index contributed by atoms with van der Waals surface area (Å²) in [4.78, 5) is 26.7. The first-order chi connectivity index (χ1) is 10.6. The molecule has 7 heteroatoms. The number of hydrogen-bond acceptors (Lipinski definition) is 4. The Morgan fingerprint density at radius 1 is 1.27 bits per heavy atom. The van der Waals surface area contributed by atoms with Crippen LogP contribution >= 0.6 is 0 Å². The van der Waals surface area contributed by atoms with Gasteiger partial charge in [-0.25, -0.2) is 9.59 Å². The predicted octanol–water partition coefficient (Wildman–Crippen LogP) is 2.11. The van der Waals surface area contributed by atoms with Gasteiger partial charge < -0.3 is 20.5 Å². The summed E-state index contributed by atoms with van der Waals surface area (Å²) in [5.41, 5.74) is 1.17. The maximum atomic E-state index is 11.8. The summed E-state index contributed by atoms with van der Waals surface area (Å²) in [5.74, 6) is -0.405. The van der Waals surface area contributed by atoms with Crippen LogP contribution in [0.3, 0.4) is 0 Å². The van der Waals surface area contributed by atoms with Crippen LogP contribution in [0, 0.1) is 0 Å². The van der Waals surface area contributed by atoms with Crippen LogP contribution in [0.5, 0.6) is 5.75 Å². The van der Waals surface area contributed by atoms with Crippen LogP contribution < -0.4 is 15.4 Å². The molecule has 0 radical (unpaired) electrons. The van der Waals surface area contributed by atoms with E-state index < -0.39 is 12.0 Å². The Hall–Kier alpha value is -3.09. The number of carbonyl (C=O) groups excluding carboxylic acids is 1. The average molecular weight is 301 g/mol. The van der Waals surface area contributed by atoms with Crippen molar-refractivity contribution in [1.29, 1.82) is 0 Å². The minimum atomic E-state index is -1.04. The Morgan fingerprint density at radius 2 is 2.09 bits per heavy atom. The number of hydrogen-bond donors (Lipinski definition) is 3. The number of carboxylic acid groups (broad SMARTS) is 1. The SMILES string of the molecule is COc1cccc(NC(=O)NCc2cc(C(=O)O)ccn2)c1. The molecule has 0 bridgehead atoms. The molecule has 0 aliphatic rings. The highest BCUT2D eigenvalue weighted by Gasteiger charge is 2.06. The summed E-state index contributed by atoms with van der Waals surface area (Å²) in [5, 5.41) is 14.1. The molecule has 0 spiro atoms. The molecule has 1 aromatic heterocycles. The van der Waals surface area contributed by atoms with Crippen LogP contribution in [0.4, 0.5) is 10.5 Å². The van der Waals surface area contributed by atoms with Crippen molar-refractivity contribution in [2.75, 3.05) is 12.4 Å². The number of carbonyl (C=O) groups is 2. The second kappa shape index (κ2) is 7.07. The van der Waals surface area contributed by atoms with Gasteiger partial charge in [0.25, 0.3) is 0 Å². The number of pyridine rings is 1. The molecule has 7 nitrogen and oxygen atoms in total. The van der Waals surface area contributed by atoms with Crippen LogP contribution in [0.15, 0.2) is 42.6 Å². The second-order valence-corrected chi connectivity index (χ2v) is 4.38. The molecule has 0 aliphatic carbocycles. The van der Waals surface area contributed by atoms with Crippen molar-refractivity contribution in [3.63, 3.8) is 0 Å². The number of anilines is 1. The molecule has 0 saturated carbocycles. The van der Waals surface area contributed by atoms with Crippen molar-refractivity contribution in [2.24, 2.45) is 0 Å². The van der Waals surface area contributed by atoms with E-state index in [4.69, 9.17) is 9.84 Å². The van der Waals surface area contributed by atoms with Gasteiger partial charge in [0.15, 0.2) is 0 Å². The van der Waals surface area contributed by atoms with Crippen molar-refractivity contribution >= 4 is 17.7 Å². The van der Waals surface area contributed by atoms with Gasteiger partial charge in [0.05, 0.1) is 24.9 Å². The molecule has 2 amide bonds. The number of carboxylic acids is 1. The predicted molar refractivity (Wildman–Crippen MR) is 80.0 cm³/mol. The third-order valence-corrected chi connectivity index (χ3v) is 2.82. The number of methoxy groups -OCH3 is 1. The molecule has 0 unspecified atom stereocenters. The molecule has 1 heterocycles. The van der Waals surface area contributed by atoms with Crippen LogP contribution in [0.25, 0.3) is 0 Å². The highest BCUT2D eigenvalue weighted by Crippen LogP contribution is 2.16. The van der Waals surface area contributed by atoms with Crippen LogP contribution in [-0.4, -0.2) is 29.2 Å². The Labute approximate surface area is 126 Å². The summed E-state index contributed by atoms with van der Waals surface area (Å²) in [6, 6.07) is 9.32. The van der Waals surface area contributed by atoms with Gasteiger partial charge in [-0.15, -0.1) is 0 Å². The normalized spacial score (nSPS) is 9.86. The third-order valence-electron chi connectivity index (χ3n) is 2.82. The highest BCUT2D eigenvalue weighted by molar-refractivity contribution is 5.89. The Bertz CT molecular complexity index is 688. The zero-order chi connectivity index (χ0) is 15.9. The summed E-state index contributed by atoms with van der Waals surface area (Å²) < 4.78 is 5.06. The van der Waals surface area contributed by atoms with E-state index >= 15 is 0 Å². The molecule has 3 N–H and O–H groups in total.